The molecule has 2 rings (SSSR count). The van der Waals surface area contributed by atoms with Crippen molar-refractivity contribution in [3.63, 3.8) is 0 Å². The molecule has 29 heavy (non-hydrogen) atoms. The fourth-order valence-corrected chi connectivity index (χ4v) is 2.90. The van der Waals surface area contributed by atoms with Gasteiger partial charge in [-0.1, -0.05) is 6.07 Å². The molecule has 0 aromatic heterocycles. The normalized spacial score (nSPS) is 10.6. The number of methoxy groups -OCH3 is 3. The second kappa shape index (κ2) is 9.74. The van der Waals surface area contributed by atoms with E-state index in [0.717, 1.165) is 5.56 Å². The Hall–Kier alpha value is -3.33. The first-order valence-corrected chi connectivity index (χ1v) is 8.81. The molecule has 1 N–H and O–H groups in total. The smallest absolute Gasteiger partial charge is 0.311 e. The molecule has 0 saturated heterocycles. The quantitative estimate of drug-likeness (QED) is 0.507. The highest BCUT2D eigenvalue weighted by Crippen LogP contribution is 2.32. The number of carbonyl (C=O) groups is 1. The van der Waals surface area contributed by atoms with Crippen molar-refractivity contribution in [3.05, 3.63) is 51.6 Å². The van der Waals surface area contributed by atoms with Gasteiger partial charge in [-0.25, -0.2) is 0 Å². The van der Waals surface area contributed by atoms with Gasteiger partial charge in [0.1, 0.15) is 0 Å². The second-order valence-corrected chi connectivity index (χ2v) is 6.51. The van der Waals surface area contributed by atoms with Gasteiger partial charge in [0.2, 0.25) is 5.91 Å². The summed E-state index contributed by atoms with van der Waals surface area (Å²) in [4.78, 5) is 24.8. The first kappa shape index (κ1) is 22.0. The Morgan fingerprint density at radius 1 is 1.07 bits per heavy atom. The molecule has 0 bridgehead atoms. The molecule has 0 saturated carbocycles. The zero-order chi connectivity index (χ0) is 21.6. The van der Waals surface area contributed by atoms with Crippen molar-refractivity contribution in [1.82, 2.24) is 4.90 Å². The Morgan fingerprint density at radius 3 is 2.31 bits per heavy atom. The predicted molar refractivity (Wildman–Crippen MR) is 109 cm³/mol. The Balaban J connectivity index is 2.04. The van der Waals surface area contributed by atoms with Crippen LogP contribution in [0.1, 0.15) is 11.1 Å². The molecule has 156 valence electrons. The highest BCUT2D eigenvalue weighted by Gasteiger charge is 2.19. The number of aryl methyl sites for hydroxylation is 1. The lowest BCUT2D eigenvalue weighted by Crippen LogP contribution is -2.30. The molecule has 0 unspecified atom stereocenters. The number of hydrogen-bond donors (Lipinski definition) is 1. The van der Waals surface area contributed by atoms with E-state index in [1.165, 1.54) is 19.2 Å². The maximum Gasteiger partial charge on any atom is 0.311 e. The number of nitro groups is 1. The third-order valence-corrected chi connectivity index (χ3v) is 4.31. The first-order valence-electron chi connectivity index (χ1n) is 8.81. The van der Waals surface area contributed by atoms with Gasteiger partial charge in [-0.15, -0.1) is 0 Å². The fourth-order valence-electron chi connectivity index (χ4n) is 2.90. The van der Waals surface area contributed by atoms with Crippen LogP contribution in [0, 0.1) is 17.0 Å². The predicted octanol–water partition coefficient (Wildman–Crippen LogP) is 3.00. The molecule has 0 aliphatic carbocycles. The summed E-state index contributed by atoms with van der Waals surface area (Å²) < 4.78 is 15.6. The van der Waals surface area contributed by atoms with Crippen molar-refractivity contribution in [2.75, 3.05) is 40.2 Å². The number of ether oxygens (including phenoxy) is 3. The van der Waals surface area contributed by atoms with Crippen LogP contribution in [0.25, 0.3) is 0 Å². The van der Waals surface area contributed by atoms with Gasteiger partial charge >= 0.3 is 5.69 Å². The summed E-state index contributed by atoms with van der Waals surface area (Å²) in [6.45, 7) is 2.35. The van der Waals surface area contributed by atoms with Crippen molar-refractivity contribution >= 4 is 17.3 Å². The largest absolute Gasteiger partial charge is 0.493 e. The Labute approximate surface area is 169 Å². The van der Waals surface area contributed by atoms with Gasteiger partial charge < -0.3 is 19.5 Å². The van der Waals surface area contributed by atoms with E-state index < -0.39 is 4.92 Å². The summed E-state index contributed by atoms with van der Waals surface area (Å²) in [5, 5.41) is 13.9. The Morgan fingerprint density at radius 2 is 1.72 bits per heavy atom. The molecule has 0 heterocycles. The van der Waals surface area contributed by atoms with Crippen LogP contribution in [0.4, 0.5) is 11.4 Å². The number of nitrogens with one attached hydrogen (secondary N) is 1. The maximum absolute atomic E-state index is 12.4. The number of benzene rings is 2. The van der Waals surface area contributed by atoms with Gasteiger partial charge in [-0.3, -0.25) is 19.8 Å². The summed E-state index contributed by atoms with van der Waals surface area (Å²) in [6, 6.07) is 8.41. The van der Waals surface area contributed by atoms with E-state index in [9.17, 15) is 14.9 Å². The van der Waals surface area contributed by atoms with Crippen LogP contribution in [0.2, 0.25) is 0 Å². The summed E-state index contributed by atoms with van der Waals surface area (Å²) >= 11 is 0. The number of nitro benzene ring substituents is 1. The van der Waals surface area contributed by atoms with Gasteiger partial charge in [0.05, 0.1) is 32.8 Å². The molecule has 0 aliphatic heterocycles. The molecule has 2 aromatic rings. The van der Waals surface area contributed by atoms with E-state index >= 15 is 0 Å². The lowest BCUT2D eigenvalue weighted by atomic mass is 10.1. The van der Waals surface area contributed by atoms with Crippen LogP contribution < -0.4 is 19.5 Å². The minimum atomic E-state index is -0.520. The zero-order valence-corrected chi connectivity index (χ0v) is 17.1. The molecule has 0 spiro atoms. The molecule has 1 amide bonds. The van der Waals surface area contributed by atoms with Gasteiger partial charge in [-0.05, 0) is 37.2 Å². The molecular weight excluding hydrogens is 378 g/mol. The summed E-state index contributed by atoms with van der Waals surface area (Å²) in [5.41, 5.74) is 1.87. The molecule has 9 heteroatoms. The van der Waals surface area contributed by atoms with E-state index in [-0.39, 0.29) is 23.9 Å². The van der Waals surface area contributed by atoms with Crippen molar-refractivity contribution in [1.29, 1.82) is 0 Å². The van der Waals surface area contributed by atoms with Crippen LogP contribution in [0.15, 0.2) is 30.3 Å². The lowest BCUT2D eigenvalue weighted by Gasteiger charge is -2.18. The van der Waals surface area contributed by atoms with Crippen LogP contribution in [0.5, 0.6) is 17.2 Å². The topological polar surface area (TPSA) is 103 Å². The Bertz CT molecular complexity index is 900. The van der Waals surface area contributed by atoms with E-state index in [1.54, 1.807) is 21.1 Å². The molecule has 0 atom stereocenters. The molecule has 9 nitrogen and oxygen atoms in total. The average Bonchev–Trinajstić information content (AvgIpc) is 2.68. The molecule has 0 aliphatic rings. The number of carbonyl (C=O) groups excluding carboxylic acids is 1. The van der Waals surface area contributed by atoms with Crippen LogP contribution in [-0.2, 0) is 11.3 Å². The van der Waals surface area contributed by atoms with Crippen LogP contribution in [0.3, 0.4) is 0 Å². The van der Waals surface area contributed by atoms with Crippen molar-refractivity contribution in [3.8, 4) is 17.2 Å². The van der Waals surface area contributed by atoms with Crippen molar-refractivity contribution in [2.45, 2.75) is 13.5 Å². The second-order valence-electron chi connectivity index (χ2n) is 6.51. The third kappa shape index (κ3) is 5.58. The van der Waals surface area contributed by atoms with E-state index in [2.05, 4.69) is 5.32 Å². The summed E-state index contributed by atoms with van der Waals surface area (Å²) in [7, 11) is 6.31. The monoisotopic (exact) mass is 403 g/mol. The first-order chi connectivity index (χ1) is 13.8. The number of nitrogens with zero attached hydrogens (tertiary/aromatic N) is 2. The highest BCUT2D eigenvalue weighted by atomic mass is 16.6. The van der Waals surface area contributed by atoms with E-state index in [4.69, 9.17) is 14.2 Å². The van der Waals surface area contributed by atoms with Crippen LogP contribution in [-0.4, -0.2) is 50.7 Å². The lowest BCUT2D eigenvalue weighted by molar-refractivity contribution is -0.385. The highest BCUT2D eigenvalue weighted by molar-refractivity contribution is 5.93. The van der Waals surface area contributed by atoms with E-state index in [1.807, 2.05) is 30.1 Å². The average molecular weight is 403 g/mol. The van der Waals surface area contributed by atoms with Gasteiger partial charge in [0.15, 0.2) is 17.2 Å². The van der Waals surface area contributed by atoms with Crippen molar-refractivity contribution < 1.29 is 23.9 Å². The van der Waals surface area contributed by atoms with Gasteiger partial charge in [0, 0.05) is 24.4 Å². The molecular formula is C20H25N3O6. The fraction of sp³-hybridized carbons (Fsp3) is 0.350. The number of amides is 1. The number of rotatable bonds is 9. The van der Waals surface area contributed by atoms with Crippen LogP contribution >= 0.6 is 0 Å². The number of anilines is 1. The molecule has 0 fully saturated rings. The SMILES string of the molecule is COc1ccc(CN(C)CC(=O)Nc2cc(OC)c([N+](=O)[O-])cc2C)cc1OC. The summed E-state index contributed by atoms with van der Waals surface area (Å²) in [5.74, 6) is 1.11. The number of hydrogen-bond acceptors (Lipinski definition) is 7. The zero-order valence-electron chi connectivity index (χ0n) is 17.1. The third-order valence-electron chi connectivity index (χ3n) is 4.31. The molecule has 2 aromatic carbocycles. The summed E-state index contributed by atoms with van der Waals surface area (Å²) in [6.07, 6.45) is 0. The Kier molecular flexibility index (Phi) is 7.38. The minimum Gasteiger partial charge on any atom is -0.493 e. The standard InChI is InChI=1S/C20H25N3O6/c1-13-8-16(23(25)26)18(28-4)10-15(13)21-20(24)12-22(2)11-14-6-7-17(27-3)19(9-14)29-5/h6-10H,11-12H2,1-5H3,(H,21,24). The number of likely N-dealkylation sites (N-methyl/N-ethyl adjacent to an activating group) is 1. The van der Waals surface area contributed by atoms with Gasteiger partial charge in [0.25, 0.3) is 0 Å². The van der Waals surface area contributed by atoms with Gasteiger partial charge in [-0.2, -0.15) is 0 Å². The maximum atomic E-state index is 12.4. The van der Waals surface area contributed by atoms with Crippen molar-refractivity contribution in [2.24, 2.45) is 0 Å². The minimum absolute atomic E-state index is 0.0922. The molecule has 0 radical (unpaired) electrons. The van der Waals surface area contributed by atoms with E-state index in [0.29, 0.717) is 29.3 Å².